The van der Waals surface area contributed by atoms with Gasteiger partial charge in [-0.25, -0.2) is 0 Å². The highest BCUT2D eigenvalue weighted by atomic mass is 35.5. The number of hydrogen-bond donors (Lipinski definition) is 0. The Morgan fingerprint density at radius 3 is 1.15 bits per heavy atom. The maximum atomic E-state index is 2.33. The lowest BCUT2D eigenvalue weighted by Crippen LogP contribution is -2.33. The Bertz CT molecular complexity index is 646. The molecule has 0 heterocycles. The van der Waals surface area contributed by atoms with Crippen molar-refractivity contribution in [1.29, 1.82) is 0 Å². The van der Waals surface area contributed by atoms with Gasteiger partial charge in [0.15, 0.2) is 0 Å². The van der Waals surface area contributed by atoms with Crippen LogP contribution in [0, 0.1) is 5.92 Å². The van der Waals surface area contributed by atoms with E-state index in [0.717, 1.165) is 0 Å². The molecule has 3 heteroatoms. The number of hydrogen-bond acceptors (Lipinski definition) is 0. The molecule has 0 unspecified atom stereocenters. The van der Waals surface area contributed by atoms with Crippen LogP contribution in [0.4, 0.5) is 0 Å². The Kier molecular flexibility index (Phi) is 9.37. The van der Waals surface area contributed by atoms with Crippen molar-refractivity contribution >= 4 is 48.0 Å². The van der Waals surface area contributed by atoms with Crippen LogP contribution in [-0.2, 0) is 0 Å². The molecule has 138 valence electrons. The van der Waals surface area contributed by atoms with Crippen LogP contribution in [0.3, 0.4) is 0 Å². The summed E-state index contributed by atoms with van der Waals surface area (Å²) in [6.07, 6.45) is 2.47. The molecular weight excluding hydrogens is 378 g/mol. The van der Waals surface area contributed by atoms with E-state index in [4.69, 9.17) is 0 Å². The third-order valence-corrected chi connectivity index (χ3v) is 9.10. The van der Waals surface area contributed by atoms with Gasteiger partial charge in [-0.05, 0) is 48.7 Å². The first-order chi connectivity index (χ1) is 11.7. The van der Waals surface area contributed by atoms with Crippen LogP contribution < -0.4 is 15.9 Å². The van der Waals surface area contributed by atoms with Crippen molar-refractivity contribution in [3.63, 3.8) is 0 Å². The first-order valence-electron chi connectivity index (χ1n) is 8.78. The van der Waals surface area contributed by atoms with Gasteiger partial charge in [0.25, 0.3) is 0 Å². The van der Waals surface area contributed by atoms with E-state index in [0.29, 0.717) is 5.92 Å². The molecule has 3 aromatic rings. The Morgan fingerprint density at radius 2 is 0.885 bits per heavy atom. The highest BCUT2D eigenvalue weighted by Crippen LogP contribution is 2.56. The van der Waals surface area contributed by atoms with E-state index in [1.54, 1.807) is 0 Å². The lowest BCUT2D eigenvalue weighted by Gasteiger charge is -2.28. The third kappa shape index (κ3) is 4.89. The SMILES string of the molecule is CC(C)CC[P+](c1ccccc1)(c1ccccc1)c1ccccc1.Cl.Cl. The van der Waals surface area contributed by atoms with Crippen molar-refractivity contribution in [2.45, 2.75) is 20.3 Å². The molecule has 0 amide bonds. The lowest BCUT2D eigenvalue weighted by atomic mass is 10.2. The van der Waals surface area contributed by atoms with Gasteiger partial charge in [-0.1, -0.05) is 68.4 Å². The molecular formula is C23H28Cl2P+. The maximum Gasteiger partial charge on any atom is 0.112 e. The van der Waals surface area contributed by atoms with Gasteiger partial charge in [0.05, 0.1) is 6.16 Å². The molecule has 0 aliphatic carbocycles. The van der Waals surface area contributed by atoms with E-state index in [1.807, 2.05) is 0 Å². The van der Waals surface area contributed by atoms with Gasteiger partial charge in [-0.3, -0.25) is 0 Å². The molecule has 0 atom stereocenters. The average molecular weight is 406 g/mol. The summed E-state index contributed by atoms with van der Waals surface area (Å²) >= 11 is 0. The molecule has 3 aromatic carbocycles. The average Bonchev–Trinajstić information content (AvgIpc) is 2.65. The van der Waals surface area contributed by atoms with E-state index >= 15 is 0 Å². The van der Waals surface area contributed by atoms with Gasteiger partial charge < -0.3 is 0 Å². The molecule has 3 rings (SSSR count). The quantitative estimate of drug-likeness (QED) is 0.449. The fraction of sp³-hybridized carbons (Fsp3) is 0.217. The standard InChI is InChI=1S/C23H26P.2ClH/c1-20(2)18-19-24(21-12-6-3-7-13-21,22-14-8-4-9-15-22)23-16-10-5-11-17-23;;/h3-17,20H,18-19H2,1-2H3;2*1H/q+1;;. The third-order valence-electron chi connectivity index (χ3n) is 4.63. The van der Waals surface area contributed by atoms with E-state index in [1.165, 1.54) is 28.5 Å². The van der Waals surface area contributed by atoms with E-state index < -0.39 is 7.26 Å². The summed E-state index contributed by atoms with van der Waals surface area (Å²) < 4.78 is 0. The van der Waals surface area contributed by atoms with Crippen molar-refractivity contribution in [2.75, 3.05) is 6.16 Å². The molecule has 0 radical (unpaired) electrons. The molecule has 0 aliphatic rings. The molecule has 0 spiro atoms. The molecule has 0 nitrogen and oxygen atoms in total. The zero-order chi connectivity index (χ0) is 16.8. The van der Waals surface area contributed by atoms with Crippen molar-refractivity contribution in [3.8, 4) is 0 Å². The Morgan fingerprint density at radius 1 is 0.577 bits per heavy atom. The summed E-state index contributed by atoms with van der Waals surface area (Å²) in [4.78, 5) is 0. The monoisotopic (exact) mass is 405 g/mol. The van der Waals surface area contributed by atoms with Crippen LogP contribution in [0.2, 0.25) is 0 Å². The van der Waals surface area contributed by atoms with Gasteiger partial charge in [-0.2, -0.15) is 0 Å². The molecule has 26 heavy (non-hydrogen) atoms. The number of benzene rings is 3. The molecule has 0 bridgehead atoms. The summed E-state index contributed by atoms with van der Waals surface area (Å²) in [5.41, 5.74) is 0. The largest absolute Gasteiger partial charge is 0.147 e. The minimum absolute atomic E-state index is 0. The van der Waals surface area contributed by atoms with Crippen molar-refractivity contribution < 1.29 is 0 Å². The minimum Gasteiger partial charge on any atom is -0.147 e. The molecule has 0 saturated heterocycles. The van der Waals surface area contributed by atoms with Gasteiger partial charge in [0, 0.05) is 0 Å². The normalized spacial score (nSPS) is 10.7. The first-order valence-corrected chi connectivity index (χ1v) is 10.8. The van der Waals surface area contributed by atoms with E-state index in [9.17, 15) is 0 Å². The minimum atomic E-state index is -1.61. The van der Waals surface area contributed by atoms with Crippen LogP contribution in [0.1, 0.15) is 20.3 Å². The zero-order valence-corrected chi connectivity index (χ0v) is 17.9. The molecule has 0 aromatic heterocycles. The number of rotatable bonds is 6. The Hall–Kier alpha value is -1.33. The second kappa shape index (κ2) is 10.7. The van der Waals surface area contributed by atoms with Gasteiger partial charge in [-0.15, -0.1) is 24.8 Å². The lowest BCUT2D eigenvalue weighted by molar-refractivity contribution is 0.630. The molecule has 0 fully saturated rings. The zero-order valence-electron chi connectivity index (χ0n) is 15.4. The first kappa shape index (κ1) is 22.7. The van der Waals surface area contributed by atoms with Crippen molar-refractivity contribution in [3.05, 3.63) is 91.0 Å². The van der Waals surface area contributed by atoms with Crippen LogP contribution >= 0.6 is 32.1 Å². The van der Waals surface area contributed by atoms with Crippen molar-refractivity contribution in [2.24, 2.45) is 5.92 Å². The predicted octanol–water partition coefficient (Wildman–Crippen LogP) is 5.87. The van der Waals surface area contributed by atoms with Gasteiger partial charge in [0.1, 0.15) is 23.2 Å². The van der Waals surface area contributed by atoms with Crippen molar-refractivity contribution in [1.82, 2.24) is 0 Å². The van der Waals surface area contributed by atoms with E-state index in [-0.39, 0.29) is 24.8 Å². The fourth-order valence-electron chi connectivity index (χ4n) is 3.33. The van der Waals surface area contributed by atoms with Gasteiger partial charge >= 0.3 is 0 Å². The molecule has 0 saturated carbocycles. The topological polar surface area (TPSA) is 0 Å². The Balaban J connectivity index is 0.00000169. The second-order valence-electron chi connectivity index (χ2n) is 6.72. The van der Waals surface area contributed by atoms with Gasteiger partial charge in [0.2, 0.25) is 0 Å². The fourth-order valence-corrected chi connectivity index (χ4v) is 7.95. The van der Waals surface area contributed by atoms with Crippen LogP contribution in [0.25, 0.3) is 0 Å². The smallest absolute Gasteiger partial charge is 0.112 e. The molecule has 0 aliphatic heterocycles. The molecule has 0 N–H and O–H groups in total. The Labute approximate surface area is 171 Å². The predicted molar refractivity (Wildman–Crippen MR) is 124 cm³/mol. The summed E-state index contributed by atoms with van der Waals surface area (Å²) in [5.74, 6) is 0.709. The highest BCUT2D eigenvalue weighted by Gasteiger charge is 2.44. The summed E-state index contributed by atoms with van der Waals surface area (Å²) in [7, 11) is -1.61. The second-order valence-corrected chi connectivity index (χ2v) is 10.3. The summed E-state index contributed by atoms with van der Waals surface area (Å²) in [5, 5.41) is 4.47. The van der Waals surface area contributed by atoms with E-state index in [2.05, 4.69) is 105 Å². The number of halogens is 2. The summed E-state index contributed by atoms with van der Waals surface area (Å²) in [6, 6.07) is 33.4. The summed E-state index contributed by atoms with van der Waals surface area (Å²) in [6.45, 7) is 4.66. The maximum absolute atomic E-state index is 2.33. The van der Waals surface area contributed by atoms with Crippen LogP contribution in [0.15, 0.2) is 91.0 Å². The van der Waals surface area contributed by atoms with Crippen LogP contribution in [-0.4, -0.2) is 6.16 Å². The highest BCUT2D eigenvalue weighted by molar-refractivity contribution is 7.95. The van der Waals surface area contributed by atoms with Crippen LogP contribution in [0.5, 0.6) is 0 Å².